The molecule has 8 heteroatoms. The Hall–Kier alpha value is -1.02. The Morgan fingerprint density at radius 2 is 1.68 bits per heavy atom. The van der Waals surface area contributed by atoms with E-state index in [1.165, 1.54) is 0 Å². The van der Waals surface area contributed by atoms with Crippen molar-refractivity contribution in [2.24, 2.45) is 11.8 Å². The third kappa shape index (κ3) is 2.56. The monoisotopic (exact) mass is 346 g/mol. The third-order valence-electron chi connectivity index (χ3n) is 4.51. The van der Waals surface area contributed by atoms with Crippen LogP contribution in [0.2, 0.25) is 0 Å². The van der Waals surface area contributed by atoms with Crippen LogP contribution in [0.15, 0.2) is 23.1 Å². The molecule has 1 aromatic rings. The van der Waals surface area contributed by atoms with Crippen molar-refractivity contribution in [1.82, 2.24) is 9.62 Å². The van der Waals surface area contributed by atoms with Crippen LogP contribution in [0.25, 0.3) is 0 Å². The second-order valence-electron chi connectivity index (χ2n) is 5.81. The number of fused-ring (bicyclic) bond motifs is 2. The highest BCUT2D eigenvalue weighted by Gasteiger charge is 2.41. The summed E-state index contributed by atoms with van der Waals surface area (Å²) in [6.45, 7) is 4.00. The highest BCUT2D eigenvalue weighted by molar-refractivity contribution is 7.89. The van der Waals surface area contributed by atoms with Gasteiger partial charge in [-0.05, 0) is 37.1 Å². The van der Waals surface area contributed by atoms with Crippen LogP contribution in [0, 0.1) is 11.8 Å². The van der Waals surface area contributed by atoms with Crippen molar-refractivity contribution in [2.75, 3.05) is 39.4 Å². The lowest BCUT2D eigenvalue weighted by Crippen LogP contribution is -2.32. The van der Waals surface area contributed by atoms with Gasteiger partial charge in [0.25, 0.3) is 0 Å². The molecule has 0 amide bonds. The predicted molar refractivity (Wildman–Crippen MR) is 83.3 cm³/mol. The van der Waals surface area contributed by atoms with Crippen LogP contribution in [0.5, 0.6) is 11.5 Å². The Morgan fingerprint density at radius 1 is 1.05 bits per heavy atom. The summed E-state index contributed by atoms with van der Waals surface area (Å²) >= 11 is 0. The topological polar surface area (TPSA) is 67.9 Å². The second kappa shape index (κ2) is 5.88. The zero-order chi connectivity index (χ0) is 14.4. The van der Waals surface area contributed by atoms with Crippen molar-refractivity contribution in [2.45, 2.75) is 4.90 Å². The molecule has 1 N–H and O–H groups in total. The number of hydrogen-bond acceptors (Lipinski definition) is 5. The molecule has 6 nitrogen and oxygen atoms in total. The first-order valence-electron chi connectivity index (χ1n) is 7.25. The Labute approximate surface area is 136 Å². The maximum absolute atomic E-state index is 12.8. The average molecular weight is 347 g/mol. The quantitative estimate of drug-likeness (QED) is 0.854. The van der Waals surface area contributed by atoms with Gasteiger partial charge in [0.15, 0.2) is 11.5 Å². The first-order valence-corrected chi connectivity index (χ1v) is 8.69. The van der Waals surface area contributed by atoms with Crippen LogP contribution in [0.1, 0.15) is 0 Å². The minimum absolute atomic E-state index is 0. The van der Waals surface area contributed by atoms with E-state index in [4.69, 9.17) is 9.47 Å². The number of benzene rings is 1. The molecule has 1 aromatic carbocycles. The maximum Gasteiger partial charge on any atom is 0.243 e. The van der Waals surface area contributed by atoms with Crippen molar-refractivity contribution < 1.29 is 17.9 Å². The van der Waals surface area contributed by atoms with Gasteiger partial charge in [-0.2, -0.15) is 4.31 Å². The molecule has 0 radical (unpaired) electrons. The van der Waals surface area contributed by atoms with Gasteiger partial charge >= 0.3 is 0 Å². The first kappa shape index (κ1) is 15.9. The molecule has 0 spiro atoms. The molecule has 3 aliphatic heterocycles. The van der Waals surface area contributed by atoms with Gasteiger partial charge in [-0.3, -0.25) is 0 Å². The van der Waals surface area contributed by atoms with Crippen molar-refractivity contribution >= 4 is 22.4 Å². The summed E-state index contributed by atoms with van der Waals surface area (Å²) in [4.78, 5) is 0.291. The standard InChI is InChI=1S/C14H18N2O4S.ClH/c17-21(18,16-8-10-6-15-7-11(10)9-16)12-1-2-13-14(5-12)20-4-3-19-13;/h1-2,5,10-11,15H,3-4,6-9H2;1H/t10-,11+;. The number of rotatable bonds is 2. The summed E-state index contributed by atoms with van der Waals surface area (Å²) in [5.74, 6) is 2.01. The summed E-state index contributed by atoms with van der Waals surface area (Å²) in [5.41, 5.74) is 0. The fraction of sp³-hybridized carbons (Fsp3) is 0.571. The average Bonchev–Trinajstić information content (AvgIpc) is 3.08. The predicted octanol–water partition coefficient (Wildman–Crippen LogP) is 0.719. The number of ether oxygens (including phenoxy) is 2. The molecule has 0 unspecified atom stereocenters. The number of sulfonamides is 1. The first-order chi connectivity index (χ1) is 10.1. The summed E-state index contributed by atoms with van der Waals surface area (Å²) < 4.78 is 38.0. The van der Waals surface area contributed by atoms with Crippen LogP contribution < -0.4 is 14.8 Å². The van der Waals surface area contributed by atoms with E-state index in [2.05, 4.69) is 5.32 Å². The molecule has 22 heavy (non-hydrogen) atoms. The highest BCUT2D eigenvalue weighted by Crippen LogP contribution is 2.35. The lowest BCUT2D eigenvalue weighted by atomic mass is 10.0. The third-order valence-corrected chi connectivity index (χ3v) is 6.34. The minimum Gasteiger partial charge on any atom is -0.486 e. The molecule has 2 saturated heterocycles. The molecule has 0 saturated carbocycles. The van der Waals surface area contributed by atoms with Gasteiger partial charge < -0.3 is 14.8 Å². The molecule has 3 aliphatic rings. The molecule has 4 rings (SSSR count). The second-order valence-corrected chi connectivity index (χ2v) is 7.74. The van der Waals surface area contributed by atoms with Gasteiger partial charge in [0.05, 0.1) is 4.90 Å². The fourth-order valence-corrected chi connectivity index (χ4v) is 4.91. The molecule has 122 valence electrons. The molecule has 2 fully saturated rings. The lowest BCUT2D eigenvalue weighted by Gasteiger charge is -2.21. The van der Waals surface area contributed by atoms with E-state index in [9.17, 15) is 8.42 Å². The zero-order valence-corrected chi connectivity index (χ0v) is 13.7. The SMILES string of the molecule is Cl.O=S(=O)(c1ccc2c(c1)OCCO2)N1C[C@H]2CNC[C@H]2C1. The lowest BCUT2D eigenvalue weighted by molar-refractivity contribution is 0.171. The number of halogens is 1. The Bertz CT molecular complexity index is 655. The maximum atomic E-state index is 12.8. The van der Waals surface area contributed by atoms with E-state index >= 15 is 0 Å². The van der Waals surface area contributed by atoms with Crippen LogP contribution in [-0.2, 0) is 10.0 Å². The number of hydrogen-bond donors (Lipinski definition) is 1. The van der Waals surface area contributed by atoms with E-state index in [1.807, 2.05) is 0 Å². The Balaban J connectivity index is 0.00000144. The Kier molecular flexibility index (Phi) is 4.24. The van der Waals surface area contributed by atoms with Crippen LogP contribution in [0.3, 0.4) is 0 Å². The van der Waals surface area contributed by atoms with E-state index in [-0.39, 0.29) is 12.4 Å². The van der Waals surface area contributed by atoms with Gasteiger partial charge in [-0.15, -0.1) is 12.4 Å². The normalized spacial score (nSPS) is 27.3. The van der Waals surface area contributed by atoms with Crippen molar-refractivity contribution in [3.63, 3.8) is 0 Å². The van der Waals surface area contributed by atoms with Gasteiger partial charge in [-0.25, -0.2) is 8.42 Å². The number of nitrogens with one attached hydrogen (secondary N) is 1. The summed E-state index contributed by atoms with van der Waals surface area (Å²) in [7, 11) is -3.44. The molecule has 2 atom stereocenters. The summed E-state index contributed by atoms with van der Waals surface area (Å²) in [6.07, 6.45) is 0. The summed E-state index contributed by atoms with van der Waals surface area (Å²) in [6, 6.07) is 4.87. The van der Waals surface area contributed by atoms with E-state index in [0.29, 0.717) is 54.5 Å². The van der Waals surface area contributed by atoms with Gasteiger partial charge in [0, 0.05) is 19.2 Å². The van der Waals surface area contributed by atoms with Crippen LogP contribution in [-0.4, -0.2) is 52.1 Å². The van der Waals surface area contributed by atoms with Gasteiger partial charge in [0.2, 0.25) is 10.0 Å². The summed E-state index contributed by atoms with van der Waals surface area (Å²) in [5, 5.41) is 3.32. The molecular formula is C14H19ClN2O4S. The largest absolute Gasteiger partial charge is 0.486 e. The molecule has 0 bridgehead atoms. The van der Waals surface area contributed by atoms with Crippen molar-refractivity contribution in [3.05, 3.63) is 18.2 Å². The Morgan fingerprint density at radius 3 is 2.36 bits per heavy atom. The van der Waals surface area contributed by atoms with Gasteiger partial charge in [-0.1, -0.05) is 0 Å². The van der Waals surface area contributed by atoms with Crippen LogP contribution >= 0.6 is 12.4 Å². The van der Waals surface area contributed by atoms with Crippen molar-refractivity contribution in [3.8, 4) is 11.5 Å². The van der Waals surface area contributed by atoms with E-state index < -0.39 is 10.0 Å². The zero-order valence-electron chi connectivity index (χ0n) is 12.0. The van der Waals surface area contributed by atoms with Crippen molar-refractivity contribution in [1.29, 1.82) is 0 Å². The van der Waals surface area contributed by atoms with Gasteiger partial charge in [0.1, 0.15) is 13.2 Å². The van der Waals surface area contributed by atoms with Crippen LogP contribution in [0.4, 0.5) is 0 Å². The van der Waals surface area contributed by atoms with E-state index in [1.54, 1.807) is 22.5 Å². The molecule has 3 heterocycles. The van der Waals surface area contributed by atoms with E-state index in [0.717, 1.165) is 13.1 Å². The fourth-order valence-electron chi connectivity index (χ4n) is 3.34. The highest BCUT2D eigenvalue weighted by atomic mass is 35.5. The minimum atomic E-state index is -3.44. The molecular weight excluding hydrogens is 328 g/mol. The molecule has 0 aromatic heterocycles. The smallest absolute Gasteiger partial charge is 0.243 e. The number of nitrogens with zero attached hydrogens (tertiary/aromatic N) is 1. The molecule has 0 aliphatic carbocycles.